The Bertz CT molecular complexity index is 1250. The molecule has 1 aliphatic heterocycles. The summed E-state index contributed by atoms with van der Waals surface area (Å²) < 4.78 is 46.1. The largest absolute Gasteiger partial charge is 0.457 e. The van der Waals surface area contributed by atoms with Crippen LogP contribution in [0.1, 0.15) is 35.6 Å². The molecule has 1 aromatic heterocycles. The van der Waals surface area contributed by atoms with E-state index in [4.69, 9.17) is 4.74 Å². The second kappa shape index (κ2) is 9.27. The maximum atomic E-state index is 13.0. The zero-order chi connectivity index (χ0) is 23.6. The van der Waals surface area contributed by atoms with E-state index in [1.165, 1.54) is 12.1 Å². The quantitative estimate of drug-likeness (QED) is 0.611. The first kappa shape index (κ1) is 22.8. The number of aromatic nitrogens is 2. The maximum Gasteiger partial charge on any atom is 0.416 e. The second-order valence-corrected chi connectivity index (χ2v) is 8.28. The van der Waals surface area contributed by atoms with E-state index in [1.807, 2.05) is 6.07 Å². The number of hydrogen-bond acceptors (Lipinski definition) is 4. The average molecular weight is 459 g/mol. The van der Waals surface area contributed by atoms with Crippen molar-refractivity contribution in [3.05, 3.63) is 92.3 Å². The van der Waals surface area contributed by atoms with Gasteiger partial charge in [-0.2, -0.15) is 13.2 Å². The van der Waals surface area contributed by atoms with Gasteiger partial charge in [0.2, 0.25) is 0 Å². The Balaban J connectivity index is 1.46. The molecule has 1 unspecified atom stereocenters. The zero-order valence-electron chi connectivity index (χ0n) is 18.1. The molecule has 0 bridgehead atoms. The fourth-order valence-corrected chi connectivity index (χ4v) is 4.10. The van der Waals surface area contributed by atoms with E-state index in [2.05, 4.69) is 9.88 Å². The number of ether oxygens (including phenoxy) is 1. The molecular formula is C24H24F3N3O3. The van der Waals surface area contributed by atoms with Gasteiger partial charge in [0.1, 0.15) is 11.5 Å². The highest BCUT2D eigenvalue weighted by Gasteiger charge is 2.30. The number of rotatable bonds is 5. The van der Waals surface area contributed by atoms with Crippen LogP contribution in [0.15, 0.2) is 64.3 Å². The molecule has 1 fully saturated rings. The van der Waals surface area contributed by atoms with Crippen molar-refractivity contribution in [1.82, 2.24) is 14.5 Å². The molecule has 1 aliphatic rings. The van der Waals surface area contributed by atoms with Crippen molar-refractivity contribution in [3.8, 4) is 11.5 Å². The number of likely N-dealkylation sites (tertiary alicyclic amines) is 1. The Morgan fingerprint density at radius 2 is 1.82 bits per heavy atom. The number of nitrogens with zero attached hydrogens (tertiary/aromatic N) is 2. The molecule has 33 heavy (non-hydrogen) atoms. The minimum Gasteiger partial charge on any atom is -0.457 e. The van der Waals surface area contributed by atoms with Gasteiger partial charge < -0.3 is 4.74 Å². The molecule has 1 saturated heterocycles. The van der Waals surface area contributed by atoms with Crippen LogP contribution in [-0.4, -0.2) is 27.5 Å². The fourth-order valence-electron chi connectivity index (χ4n) is 4.10. The lowest BCUT2D eigenvalue weighted by Crippen LogP contribution is -2.41. The van der Waals surface area contributed by atoms with Gasteiger partial charge in [-0.25, -0.2) is 4.79 Å². The van der Waals surface area contributed by atoms with E-state index in [1.54, 1.807) is 35.9 Å². The molecule has 0 radical (unpaired) electrons. The highest BCUT2D eigenvalue weighted by Crippen LogP contribution is 2.33. The van der Waals surface area contributed by atoms with Gasteiger partial charge in [-0.3, -0.25) is 19.2 Å². The molecule has 0 spiro atoms. The zero-order valence-corrected chi connectivity index (χ0v) is 18.1. The molecule has 4 rings (SSSR count). The van der Waals surface area contributed by atoms with Gasteiger partial charge in [0, 0.05) is 24.8 Å². The summed E-state index contributed by atoms with van der Waals surface area (Å²) in [5.41, 5.74) is -0.102. The Kier molecular flexibility index (Phi) is 6.42. The molecule has 0 aliphatic carbocycles. The molecule has 6 nitrogen and oxygen atoms in total. The van der Waals surface area contributed by atoms with Crippen LogP contribution < -0.4 is 16.0 Å². The van der Waals surface area contributed by atoms with Crippen LogP contribution in [0, 0.1) is 6.92 Å². The molecule has 0 saturated carbocycles. The van der Waals surface area contributed by atoms with Crippen LogP contribution in [0.5, 0.6) is 11.5 Å². The number of alkyl halides is 3. The summed E-state index contributed by atoms with van der Waals surface area (Å²) >= 11 is 0. The highest BCUT2D eigenvalue weighted by molar-refractivity contribution is 5.36. The van der Waals surface area contributed by atoms with Gasteiger partial charge >= 0.3 is 11.9 Å². The predicted molar refractivity (Wildman–Crippen MR) is 118 cm³/mol. The summed E-state index contributed by atoms with van der Waals surface area (Å²) in [5.74, 6) is 0.570. The Hall–Kier alpha value is -3.33. The third-order valence-corrected chi connectivity index (χ3v) is 5.72. The number of aromatic amines is 1. The third kappa shape index (κ3) is 5.54. The van der Waals surface area contributed by atoms with Crippen molar-refractivity contribution >= 4 is 0 Å². The standard InChI is InChI=1S/C24H24F3N3O3/c1-16-13-30(23(32)28-22(16)31)19-7-4-10-29(15-19)14-17-5-2-8-20(11-17)33-21-9-3-6-18(12-21)24(25,26)27/h2-3,5-6,8-9,11-13,19H,4,7,10,14-15H2,1H3,(H,28,31,32). The molecule has 0 amide bonds. The minimum atomic E-state index is -4.43. The normalized spacial score (nSPS) is 17.2. The van der Waals surface area contributed by atoms with Crippen LogP contribution in [0.25, 0.3) is 0 Å². The van der Waals surface area contributed by atoms with Crippen molar-refractivity contribution in [2.24, 2.45) is 0 Å². The van der Waals surface area contributed by atoms with Gasteiger partial charge in [0.25, 0.3) is 5.56 Å². The van der Waals surface area contributed by atoms with Crippen molar-refractivity contribution in [1.29, 1.82) is 0 Å². The summed E-state index contributed by atoms with van der Waals surface area (Å²) in [6, 6.07) is 12.0. The third-order valence-electron chi connectivity index (χ3n) is 5.72. The van der Waals surface area contributed by atoms with E-state index >= 15 is 0 Å². The molecule has 3 aromatic rings. The number of H-pyrrole nitrogens is 1. The number of aryl methyl sites for hydroxylation is 1. The summed E-state index contributed by atoms with van der Waals surface area (Å²) in [6.07, 6.45) is -1.09. The molecule has 9 heteroatoms. The molecule has 1 atom stereocenters. The van der Waals surface area contributed by atoms with Gasteiger partial charge in [-0.15, -0.1) is 0 Å². The average Bonchev–Trinajstić information content (AvgIpc) is 2.76. The minimum absolute atomic E-state index is 0.0497. The second-order valence-electron chi connectivity index (χ2n) is 8.28. The van der Waals surface area contributed by atoms with Crippen molar-refractivity contribution < 1.29 is 17.9 Å². The van der Waals surface area contributed by atoms with Crippen molar-refractivity contribution in [2.45, 2.75) is 38.5 Å². The Morgan fingerprint density at radius 1 is 1.09 bits per heavy atom. The summed E-state index contributed by atoms with van der Waals surface area (Å²) in [5, 5.41) is 0. The smallest absolute Gasteiger partial charge is 0.416 e. The number of nitrogens with one attached hydrogen (secondary N) is 1. The van der Waals surface area contributed by atoms with E-state index in [9.17, 15) is 22.8 Å². The van der Waals surface area contributed by atoms with E-state index < -0.39 is 17.4 Å². The number of hydrogen-bond donors (Lipinski definition) is 1. The monoisotopic (exact) mass is 459 g/mol. The number of piperidine rings is 1. The summed E-state index contributed by atoms with van der Waals surface area (Å²) in [4.78, 5) is 28.5. The predicted octanol–water partition coefficient (Wildman–Crippen LogP) is 4.49. The first-order chi connectivity index (χ1) is 15.7. The highest BCUT2D eigenvalue weighted by atomic mass is 19.4. The Labute approximate surface area is 188 Å². The van der Waals surface area contributed by atoms with E-state index in [0.717, 1.165) is 37.1 Å². The fraction of sp³-hybridized carbons (Fsp3) is 0.333. The van der Waals surface area contributed by atoms with Crippen LogP contribution in [-0.2, 0) is 12.7 Å². The van der Waals surface area contributed by atoms with Crippen LogP contribution >= 0.6 is 0 Å². The lowest BCUT2D eigenvalue weighted by molar-refractivity contribution is -0.137. The first-order valence-electron chi connectivity index (χ1n) is 10.7. The van der Waals surface area contributed by atoms with Crippen LogP contribution in [0.4, 0.5) is 13.2 Å². The summed E-state index contributed by atoms with van der Waals surface area (Å²) in [7, 11) is 0. The lowest BCUT2D eigenvalue weighted by atomic mass is 10.0. The van der Waals surface area contributed by atoms with Gasteiger partial charge in [0.15, 0.2) is 0 Å². The molecule has 1 N–H and O–H groups in total. The topological polar surface area (TPSA) is 67.3 Å². The molecule has 2 aromatic carbocycles. The van der Waals surface area contributed by atoms with E-state index in [0.29, 0.717) is 24.4 Å². The van der Waals surface area contributed by atoms with E-state index in [-0.39, 0.29) is 17.4 Å². The lowest BCUT2D eigenvalue weighted by Gasteiger charge is -2.33. The molecular weight excluding hydrogens is 435 g/mol. The van der Waals surface area contributed by atoms with Gasteiger partial charge in [-0.05, 0) is 62.2 Å². The van der Waals surface area contributed by atoms with Crippen LogP contribution in [0.3, 0.4) is 0 Å². The van der Waals surface area contributed by atoms with Crippen LogP contribution in [0.2, 0.25) is 0 Å². The Morgan fingerprint density at radius 3 is 2.58 bits per heavy atom. The number of halogens is 3. The molecule has 2 heterocycles. The van der Waals surface area contributed by atoms with Gasteiger partial charge in [-0.1, -0.05) is 18.2 Å². The van der Waals surface area contributed by atoms with Crippen molar-refractivity contribution in [3.63, 3.8) is 0 Å². The summed E-state index contributed by atoms with van der Waals surface area (Å²) in [6.45, 7) is 3.77. The van der Waals surface area contributed by atoms with Crippen molar-refractivity contribution in [2.75, 3.05) is 13.1 Å². The maximum absolute atomic E-state index is 13.0. The SMILES string of the molecule is Cc1cn(C2CCCN(Cc3cccc(Oc4cccc(C(F)(F)F)c4)c3)C2)c(=O)[nH]c1=O. The molecule has 174 valence electrons. The number of benzene rings is 2. The first-order valence-corrected chi connectivity index (χ1v) is 10.7. The van der Waals surface area contributed by atoms with Gasteiger partial charge in [0.05, 0.1) is 11.6 Å².